The zero-order valence-corrected chi connectivity index (χ0v) is 10.5. The number of hydrogen-bond acceptors (Lipinski definition) is 0. The smallest absolute Gasteiger partial charge is 0.0386 e. The van der Waals surface area contributed by atoms with Crippen molar-refractivity contribution in [2.24, 2.45) is 0 Å². The SMILES string of the molecule is [CH]1CCCCCCCCCCCCCC1. The molecule has 1 radical (unpaired) electrons. The molecular formula is C15H29. The third kappa shape index (κ3) is 8.96. The van der Waals surface area contributed by atoms with Gasteiger partial charge < -0.3 is 0 Å². The molecule has 0 atom stereocenters. The highest BCUT2D eigenvalue weighted by Crippen LogP contribution is 2.15. The lowest BCUT2D eigenvalue weighted by atomic mass is 10.1. The minimum absolute atomic E-state index is 1.38. The van der Waals surface area contributed by atoms with Crippen molar-refractivity contribution in [1.82, 2.24) is 0 Å². The van der Waals surface area contributed by atoms with Gasteiger partial charge in [-0.25, -0.2) is 0 Å². The summed E-state index contributed by atoms with van der Waals surface area (Å²) >= 11 is 0. The van der Waals surface area contributed by atoms with Crippen LogP contribution in [0.1, 0.15) is 89.9 Å². The first-order chi connectivity index (χ1) is 7.50. The molecule has 0 amide bonds. The first kappa shape index (κ1) is 13.1. The molecule has 0 spiro atoms. The van der Waals surface area contributed by atoms with Crippen LogP contribution in [0.15, 0.2) is 0 Å². The van der Waals surface area contributed by atoms with Crippen LogP contribution >= 0.6 is 0 Å². The molecule has 1 aliphatic carbocycles. The van der Waals surface area contributed by atoms with Crippen molar-refractivity contribution < 1.29 is 0 Å². The molecule has 1 aliphatic rings. The van der Waals surface area contributed by atoms with E-state index in [9.17, 15) is 0 Å². The van der Waals surface area contributed by atoms with E-state index in [0.717, 1.165) is 0 Å². The van der Waals surface area contributed by atoms with Gasteiger partial charge in [0, 0.05) is 0 Å². The summed E-state index contributed by atoms with van der Waals surface area (Å²) in [4.78, 5) is 0. The summed E-state index contributed by atoms with van der Waals surface area (Å²) < 4.78 is 0. The van der Waals surface area contributed by atoms with Gasteiger partial charge >= 0.3 is 0 Å². The Bertz CT molecular complexity index is 58.6. The van der Waals surface area contributed by atoms with Crippen molar-refractivity contribution >= 4 is 0 Å². The van der Waals surface area contributed by atoms with E-state index in [-0.39, 0.29) is 0 Å². The molecule has 15 heavy (non-hydrogen) atoms. The van der Waals surface area contributed by atoms with E-state index in [1.165, 1.54) is 89.9 Å². The molecule has 0 aromatic rings. The van der Waals surface area contributed by atoms with Crippen LogP contribution in [0.2, 0.25) is 0 Å². The van der Waals surface area contributed by atoms with Crippen molar-refractivity contribution in [3.63, 3.8) is 0 Å². The largest absolute Gasteiger partial charge is 0.0533 e. The average molecular weight is 209 g/mol. The van der Waals surface area contributed by atoms with E-state index in [4.69, 9.17) is 0 Å². The highest BCUT2D eigenvalue weighted by Gasteiger charge is 1.96. The Balaban J connectivity index is 2.01. The third-order valence-corrected chi connectivity index (χ3v) is 3.57. The van der Waals surface area contributed by atoms with Gasteiger partial charge in [0.05, 0.1) is 0 Å². The molecule has 0 bridgehead atoms. The van der Waals surface area contributed by atoms with Crippen LogP contribution in [-0.4, -0.2) is 0 Å². The fourth-order valence-electron chi connectivity index (χ4n) is 2.49. The minimum Gasteiger partial charge on any atom is -0.0533 e. The average Bonchev–Trinajstić information content (AvgIpc) is 2.27. The minimum atomic E-state index is 1.38. The fraction of sp³-hybridized carbons (Fsp3) is 0.933. The molecular weight excluding hydrogens is 180 g/mol. The first-order valence-corrected chi connectivity index (χ1v) is 7.32. The maximum atomic E-state index is 2.53. The van der Waals surface area contributed by atoms with Crippen molar-refractivity contribution in [1.29, 1.82) is 0 Å². The van der Waals surface area contributed by atoms with Crippen molar-refractivity contribution in [3.05, 3.63) is 6.42 Å². The van der Waals surface area contributed by atoms with E-state index in [1.54, 1.807) is 0 Å². The monoisotopic (exact) mass is 209 g/mol. The van der Waals surface area contributed by atoms with E-state index >= 15 is 0 Å². The number of rotatable bonds is 0. The molecule has 0 nitrogen and oxygen atoms in total. The second kappa shape index (κ2) is 10.5. The van der Waals surface area contributed by atoms with Gasteiger partial charge in [-0.3, -0.25) is 0 Å². The van der Waals surface area contributed by atoms with Crippen LogP contribution in [0, 0.1) is 6.42 Å². The maximum absolute atomic E-state index is 2.53. The summed E-state index contributed by atoms with van der Waals surface area (Å²) in [5, 5.41) is 0. The van der Waals surface area contributed by atoms with Crippen molar-refractivity contribution in [2.75, 3.05) is 0 Å². The summed E-state index contributed by atoms with van der Waals surface area (Å²) in [6.45, 7) is 0. The second-order valence-corrected chi connectivity index (χ2v) is 5.11. The maximum Gasteiger partial charge on any atom is -0.0386 e. The van der Waals surface area contributed by atoms with Gasteiger partial charge in [-0.1, -0.05) is 89.9 Å². The van der Waals surface area contributed by atoms with E-state index in [0.29, 0.717) is 0 Å². The Hall–Kier alpha value is 0. The van der Waals surface area contributed by atoms with Gasteiger partial charge in [-0.15, -0.1) is 0 Å². The standard InChI is InChI=1S/C15H29/c1-2-4-6-8-10-12-14-15-13-11-9-7-5-3-1/h1H,2-15H2. The molecule has 0 heteroatoms. The molecule has 0 N–H and O–H groups in total. The summed E-state index contributed by atoms with van der Waals surface area (Å²) in [6.07, 6.45) is 23.0. The summed E-state index contributed by atoms with van der Waals surface area (Å²) in [7, 11) is 0. The van der Waals surface area contributed by atoms with Crippen LogP contribution in [0.3, 0.4) is 0 Å². The van der Waals surface area contributed by atoms with E-state index in [1.807, 2.05) is 0 Å². The molecule has 0 aromatic carbocycles. The van der Waals surface area contributed by atoms with E-state index in [2.05, 4.69) is 6.42 Å². The van der Waals surface area contributed by atoms with E-state index < -0.39 is 0 Å². The quantitative estimate of drug-likeness (QED) is 0.482. The summed E-state index contributed by atoms with van der Waals surface area (Å²) in [5.74, 6) is 0. The first-order valence-electron chi connectivity index (χ1n) is 7.32. The lowest BCUT2D eigenvalue weighted by molar-refractivity contribution is 0.548. The predicted molar refractivity (Wildman–Crippen MR) is 68.9 cm³/mol. The van der Waals surface area contributed by atoms with Crippen LogP contribution in [0.25, 0.3) is 0 Å². The van der Waals surface area contributed by atoms with Gasteiger partial charge in [0.25, 0.3) is 0 Å². The van der Waals surface area contributed by atoms with Crippen LogP contribution in [0.4, 0.5) is 0 Å². The topological polar surface area (TPSA) is 0 Å². The van der Waals surface area contributed by atoms with Gasteiger partial charge in [0.15, 0.2) is 0 Å². The lowest BCUT2D eigenvalue weighted by Crippen LogP contribution is -1.82. The molecule has 1 saturated carbocycles. The Morgan fingerprint density at radius 2 is 0.600 bits per heavy atom. The van der Waals surface area contributed by atoms with Gasteiger partial charge in [0.2, 0.25) is 0 Å². The molecule has 89 valence electrons. The second-order valence-electron chi connectivity index (χ2n) is 5.11. The van der Waals surface area contributed by atoms with Crippen LogP contribution < -0.4 is 0 Å². The normalized spacial score (nSPS) is 24.0. The Morgan fingerprint density at radius 3 is 0.933 bits per heavy atom. The highest BCUT2D eigenvalue weighted by atomic mass is 14.0. The summed E-state index contributed by atoms with van der Waals surface area (Å²) in [6, 6.07) is 0. The Morgan fingerprint density at radius 1 is 0.333 bits per heavy atom. The Labute approximate surface area is 96.8 Å². The molecule has 0 saturated heterocycles. The van der Waals surface area contributed by atoms with Crippen LogP contribution in [-0.2, 0) is 0 Å². The third-order valence-electron chi connectivity index (χ3n) is 3.57. The molecule has 0 heterocycles. The van der Waals surface area contributed by atoms with Crippen molar-refractivity contribution in [3.8, 4) is 0 Å². The molecule has 0 unspecified atom stereocenters. The predicted octanol–water partition coefficient (Wildman–Crippen LogP) is 5.67. The Kier molecular flexibility index (Phi) is 9.16. The van der Waals surface area contributed by atoms with Gasteiger partial charge in [-0.05, 0) is 6.42 Å². The summed E-state index contributed by atoms with van der Waals surface area (Å²) in [5.41, 5.74) is 0. The number of hydrogen-bond donors (Lipinski definition) is 0. The van der Waals surface area contributed by atoms with Crippen LogP contribution in [0.5, 0.6) is 0 Å². The molecule has 1 fully saturated rings. The molecule has 0 aromatic heterocycles. The zero-order valence-electron chi connectivity index (χ0n) is 10.5. The lowest BCUT2D eigenvalue weighted by Gasteiger charge is -2.01. The fourth-order valence-corrected chi connectivity index (χ4v) is 2.49. The van der Waals surface area contributed by atoms with Crippen molar-refractivity contribution in [2.45, 2.75) is 89.9 Å². The van der Waals surface area contributed by atoms with Gasteiger partial charge in [-0.2, -0.15) is 0 Å². The molecule has 0 aliphatic heterocycles. The van der Waals surface area contributed by atoms with Gasteiger partial charge in [0.1, 0.15) is 0 Å². The zero-order chi connectivity index (χ0) is 10.6. The molecule has 1 rings (SSSR count). The highest BCUT2D eigenvalue weighted by molar-refractivity contribution is 4.65.